The molecule has 7 heteroatoms. The van der Waals surface area contributed by atoms with Crippen LogP contribution in [0.5, 0.6) is 5.75 Å². The minimum Gasteiger partial charge on any atom is -0.495 e. The van der Waals surface area contributed by atoms with E-state index in [-0.39, 0.29) is 11.7 Å². The first kappa shape index (κ1) is 13.5. The van der Waals surface area contributed by atoms with E-state index in [2.05, 4.69) is 10.2 Å². The van der Waals surface area contributed by atoms with Crippen molar-refractivity contribution in [3.63, 3.8) is 0 Å². The van der Waals surface area contributed by atoms with Gasteiger partial charge in [0.25, 0.3) is 0 Å². The van der Waals surface area contributed by atoms with Crippen LogP contribution in [-0.2, 0) is 0 Å². The molecule has 19 heavy (non-hydrogen) atoms. The summed E-state index contributed by atoms with van der Waals surface area (Å²) in [5.74, 6) is 0.610. The monoisotopic (exact) mass is 280 g/mol. The molecule has 6 nitrogen and oxygen atoms in total. The number of methoxy groups -OCH3 is 1. The molecule has 0 unspecified atom stereocenters. The molecule has 1 aromatic heterocycles. The minimum absolute atomic E-state index is 0.0458. The smallest absolute Gasteiger partial charge is 0.344 e. The van der Waals surface area contributed by atoms with Gasteiger partial charge in [-0.15, -0.1) is 5.10 Å². The number of aromatic amines is 1. The van der Waals surface area contributed by atoms with Gasteiger partial charge in [0.05, 0.1) is 12.8 Å². The zero-order valence-corrected chi connectivity index (χ0v) is 11.8. The molecule has 0 radical (unpaired) electrons. The van der Waals surface area contributed by atoms with Crippen LogP contribution in [0.4, 0.5) is 5.69 Å². The molecule has 102 valence electrons. The number of H-pyrrole nitrogens is 1. The van der Waals surface area contributed by atoms with Crippen LogP contribution in [0.25, 0.3) is 0 Å². The first-order valence-electron chi connectivity index (χ1n) is 5.81. The van der Waals surface area contributed by atoms with Crippen LogP contribution in [0.1, 0.15) is 19.9 Å². The predicted molar refractivity (Wildman–Crippen MR) is 74.8 cm³/mol. The van der Waals surface area contributed by atoms with Crippen molar-refractivity contribution in [2.45, 2.75) is 29.9 Å². The second-order valence-electron chi connectivity index (χ2n) is 4.28. The lowest BCUT2D eigenvalue weighted by atomic mass is 10.3. The molecule has 0 spiro atoms. The lowest BCUT2D eigenvalue weighted by Gasteiger charge is -2.09. The number of hydrogen-bond acceptors (Lipinski definition) is 5. The van der Waals surface area contributed by atoms with Gasteiger partial charge in [0.15, 0.2) is 5.16 Å². The van der Waals surface area contributed by atoms with E-state index in [4.69, 9.17) is 10.5 Å². The van der Waals surface area contributed by atoms with Gasteiger partial charge in [-0.2, -0.15) is 0 Å². The number of nitrogens with one attached hydrogen (secondary N) is 1. The molecular weight excluding hydrogens is 264 g/mol. The largest absolute Gasteiger partial charge is 0.495 e. The molecule has 0 aliphatic heterocycles. The highest BCUT2D eigenvalue weighted by Crippen LogP contribution is 2.32. The lowest BCUT2D eigenvalue weighted by Crippen LogP contribution is -2.19. The van der Waals surface area contributed by atoms with E-state index in [1.54, 1.807) is 17.7 Å². The summed E-state index contributed by atoms with van der Waals surface area (Å²) in [5.41, 5.74) is 6.13. The van der Waals surface area contributed by atoms with Crippen molar-refractivity contribution in [1.82, 2.24) is 14.8 Å². The van der Waals surface area contributed by atoms with E-state index in [1.165, 1.54) is 11.8 Å². The highest BCUT2D eigenvalue weighted by Gasteiger charge is 2.13. The maximum absolute atomic E-state index is 11.6. The van der Waals surface area contributed by atoms with E-state index in [0.717, 1.165) is 4.90 Å². The third kappa shape index (κ3) is 2.76. The van der Waals surface area contributed by atoms with Gasteiger partial charge in [-0.3, -0.25) is 4.57 Å². The Morgan fingerprint density at radius 1 is 1.47 bits per heavy atom. The first-order valence-corrected chi connectivity index (χ1v) is 6.63. The fraction of sp³-hybridized carbons (Fsp3) is 0.333. The molecule has 0 aliphatic rings. The molecular formula is C12H16N4O2S. The molecule has 0 amide bonds. The van der Waals surface area contributed by atoms with Gasteiger partial charge < -0.3 is 10.5 Å². The number of aromatic nitrogens is 3. The number of rotatable bonds is 4. The Labute approximate surface area is 115 Å². The highest BCUT2D eigenvalue weighted by molar-refractivity contribution is 7.99. The van der Waals surface area contributed by atoms with Crippen LogP contribution in [0.15, 0.2) is 33.0 Å². The van der Waals surface area contributed by atoms with E-state index >= 15 is 0 Å². The summed E-state index contributed by atoms with van der Waals surface area (Å²) in [5, 5.41) is 7.10. The van der Waals surface area contributed by atoms with Gasteiger partial charge in [0.1, 0.15) is 5.75 Å². The summed E-state index contributed by atoms with van der Waals surface area (Å²) in [6.45, 7) is 3.87. The number of nitrogen functional groups attached to an aromatic ring is 1. The van der Waals surface area contributed by atoms with Gasteiger partial charge in [0, 0.05) is 10.9 Å². The average molecular weight is 280 g/mol. The van der Waals surface area contributed by atoms with E-state index in [0.29, 0.717) is 16.6 Å². The van der Waals surface area contributed by atoms with Gasteiger partial charge in [0.2, 0.25) is 0 Å². The second-order valence-corrected chi connectivity index (χ2v) is 5.32. The van der Waals surface area contributed by atoms with Crippen molar-refractivity contribution >= 4 is 17.4 Å². The maximum Gasteiger partial charge on any atom is 0.344 e. The molecule has 2 rings (SSSR count). The minimum atomic E-state index is -0.208. The second kappa shape index (κ2) is 5.40. The zero-order chi connectivity index (χ0) is 14.0. The highest BCUT2D eigenvalue weighted by atomic mass is 32.2. The molecule has 0 saturated heterocycles. The van der Waals surface area contributed by atoms with Gasteiger partial charge in [-0.05, 0) is 43.8 Å². The molecule has 0 saturated carbocycles. The molecule has 2 aromatic rings. The van der Waals surface area contributed by atoms with Gasteiger partial charge in [-0.1, -0.05) is 0 Å². The maximum atomic E-state index is 11.6. The number of ether oxygens (including phenoxy) is 1. The van der Waals surface area contributed by atoms with E-state index < -0.39 is 0 Å². The third-order valence-electron chi connectivity index (χ3n) is 2.60. The Bertz CT molecular complexity index is 633. The molecule has 0 atom stereocenters. The Balaban J connectivity index is 2.34. The van der Waals surface area contributed by atoms with Crippen molar-refractivity contribution in [2.75, 3.05) is 12.8 Å². The Morgan fingerprint density at radius 2 is 2.21 bits per heavy atom. The Kier molecular flexibility index (Phi) is 3.84. The van der Waals surface area contributed by atoms with Crippen molar-refractivity contribution in [1.29, 1.82) is 0 Å². The number of hydrogen-bond donors (Lipinski definition) is 2. The fourth-order valence-electron chi connectivity index (χ4n) is 1.68. The van der Waals surface area contributed by atoms with Crippen LogP contribution < -0.4 is 16.2 Å². The average Bonchev–Trinajstić information content (AvgIpc) is 2.73. The van der Waals surface area contributed by atoms with Gasteiger partial charge in [-0.25, -0.2) is 9.89 Å². The number of anilines is 1. The standard InChI is InChI=1S/C12H16N4O2S/c1-7(2)16-11(17)14-15-12(16)19-8-4-5-9(13)10(6-8)18-3/h4-7H,13H2,1-3H3,(H,14,17). The van der Waals surface area contributed by atoms with Crippen LogP contribution in [-0.4, -0.2) is 21.9 Å². The topological polar surface area (TPSA) is 85.9 Å². The van der Waals surface area contributed by atoms with Crippen LogP contribution in [0, 0.1) is 0 Å². The quantitative estimate of drug-likeness (QED) is 0.835. The third-order valence-corrected chi connectivity index (χ3v) is 3.56. The molecule has 1 heterocycles. The van der Waals surface area contributed by atoms with Crippen molar-refractivity contribution < 1.29 is 4.74 Å². The SMILES string of the molecule is COc1cc(Sc2n[nH]c(=O)n2C(C)C)ccc1N. The van der Waals surface area contributed by atoms with Gasteiger partial charge >= 0.3 is 5.69 Å². The Morgan fingerprint density at radius 3 is 2.84 bits per heavy atom. The Hall–Kier alpha value is -1.89. The van der Waals surface area contributed by atoms with Crippen LogP contribution >= 0.6 is 11.8 Å². The summed E-state index contributed by atoms with van der Waals surface area (Å²) in [4.78, 5) is 12.5. The van der Waals surface area contributed by atoms with Crippen LogP contribution in [0.3, 0.4) is 0 Å². The fourth-order valence-corrected chi connectivity index (χ4v) is 2.67. The molecule has 0 bridgehead atoms. The predicted octanol–water partition coefficient (Wildman–Crippen LogP) is 1.89. The summed E-state index contributed by atoms with van der Waals surface area (Å²) in [6, 6.07) is 5.51. The van der Waals surface area contributed by atoms with E-state index in [9.17, 15) is 4.79 Å². The first-order chi connectivity index (χ1) is 9.02. The van der Waals surface area contributed by atoms with Crippen molar-refractivity contribution in [3.05, 3.63) is 28.7 Å². The number of nitrogens with zero attached hydrogens (tertiary/aromatic N) is 2. The number of benzene rings is 1. The van der Waals surface area contributed by atoms with Crippen LogP contribution in [0.2, 0.25) is 0 Å². The lowest BCUT2D eigenvalue weighted by molar-refractivity contribution is 0.416. The molecule has 0 fully saturated rings. The zero-order valence-electron chi connectivity index (χ0n) is 11.0. The number of nitrogens with two attached hydrogens (primary N) is 1. The summed E-state index contributed by atoms with van der Waals surface area (Å²) in [6.07, 6.45) is 0. The van der Waals surface area contributed by atoms with Crippen molar-refractivity contribution in [3.8, 4) is 5.75 Å². The van der Waals surface area contributed by atoms with Crippen molar-refractivity contribution in [2.24, 2.45) is 0 Å². The summed E-state index contributed by atoms with van der Waals surface area (Å²) in [7, 11) is 1.57. The summed E-state index contributed by atoms with van der Waals surface area (Å²) < 4.78 is 6.78. The molecule has 1 aromatic carbocycles. The normalized spacial score (nSPS) is 10.9. The van der Waals surface area contributed by atoms with E-state index in [1.807, 2.05) is 26.0 Å². The molecule has 3 N–H and O–H groups in total. The summed E-state index contributed by atoms with van der Waals surface area (Å²) >= 11 is 1.39. The molecule has 0 aliphatic carbocycles.